The molecule has 0 spiro atoms. The summed E-state index contributed by atoms with van der Waals surface area (Å²) in [6.07, 6.45) is 0.458. The van der Waals surface area contributed by atoms with E-state index in [1.807, 2.05) is 13.8 Å². The van der Waals surface area contributed by atoms with Gasteiger partial charge in [-0.2, -0.15) is 5.10 Å². The smallest absolute Gasteiger partial charge is 0.270 e. The summed E-state index contributed by atoms with van der Waals surface area (Å²) >= 11 is 0. The Morgan fingerprint density at radius 1 is 1.53 bits per heavy atom. The maximum Gasteiger partial charge on any atom is 0.270 e. The molecule has 1 aromatic rings. The number of nitrogens with zero attached hydrogens (tertiary/aromatic N) is 2. The Morgan fingerprint density at radius 2 is 2.24 bits per heavy atom. The van der Waals surface area contributed by atoms with Crippen LogP contribution in [0.1, 0.15) is 19.4 Å². The number of benzene rings is 1. The van der Waals surface area contributed by atoms with Gasteiger partial charge in [-0.05, 0) is 5.92 Å². The number of nitro groups is 1. The van der Waals surface area contributed by atoms with E-state index in [2.05, 4.69) is 10.5 Å². The number of carbonyl (C=O) groups excluding carboxylic acids is 1. The summed E-state index contributed by atoms with van der Waals surface area (Å²) in [7, 11) is 0. The Hall–Kier alpha value is -2.24. The first kappa shape index (κ1) is 12.8. The summed E-state index contributed by atoms with van der Waals surface area (Å²) in [6.45, 7) is 3.79. The van der Waals surface area contributed by atoms with Gasteiger partial charge in [-0.15, -0.1) is 0 Å². The lowest BCUT2D eigenvalue weighted by atomic mass is 10.00. The topological polar surface area (TPSA) is 84.6 Å². The molecule has 90 valence electrons. The van der Waals surface area contributed by atoms with Crippen LogP contribution in [0.5, 0.6) is 0 Å². The molecule has 1 rings (SSSR count). The molecule has 0 aliphatic carbocycles. The van der Waals surface area contributed by atoms with Gasteiger partial charge in [0, 0.05) is 17.7 Å². The van der Waals surface area contributed by atoms with Crippen LogP contribution in [-0.2, 0) is 4.79 Å². The predicted molar refractivity (Wildman–Crippen MR) is 63.7 cm³/mol. The zero-order valence-corrected chi connectivity index (χ0v) is 9.58. The monoisotopic (exact) mass is 235 g/mol. The Balaban J connectivity index is 3.14. The van der Waals surface area contributed by atoms with E-state index in [0.29, 0.717) is 17.7 Å². The molecule has 1 aromatic carbocycles. The van der Waals surface area contributed by atoms with Crippen LogP contribution in [0.3, 0.4) is 0 Å². The standard InChI is InChI=1S/C11H13N3O3/c1-8(2)11(13-12-7-15)9-4-3-5-10(6-9)14(16)17/h3-8H,1-2H3,(H,12,15)/b13-11+. The van der Waals surface area contributed by atoms with Crippen molar-refractivity contribution < 1.29 is 9.72 Å². The van der Waals surface area contributed by atoms with Gasteiger partial charge in [0.25, 0.3) is 5.69 Å². The molecule has 0 aliphatic heterocycles. The van der Waals surface area contributed by atoms with Crippen molar-refractivity contribution in [2.45, 2.75) is 13.8 Å². The normalized spacial score (nSPS) is 11.4. The van der Waals surface area contributed by atoms with Crippen LogP contribution >= 0.6 is 0 Å². The highest BCUT2D eigenvalue weighted by Crippen LogP contribution is 2.16. The highest BCUT2D eigenvalue weighted by atomic mass is 16.6. The first-order chi connectivity index (χ1) is 8.06. The maximum atomic E-state index is 10.7. The van der Waals surface area contributed by atoms with E-state index in [0.717, 1.165) is 0 Å². The van der Waals surface area contributed by atoms with E-state index >= 15 is 0 Å². The van der Waals surface area contributed by atoms with Crippen molar-refractivity contribution in [1.82, 2.24) is 5.43 Å². The quantitative estimate of drug-likeness (QED) is 0.365. The van der Waals surface area contributed by atoms with Gasteiger partial charge in [0.15, 0.2) is 0 Å². The molecule has 6 heteroatoms. The lowest BCUT2D eigenvalue weighted by Crippen LogP contribution is -2.15. The molecule has 0 radical (unpaired) electrons. The highest BCUT2D eigenvalue weighted by molar-refractivity contribution is 6.02. The Kier molecular flexibility index (Phi) is 4.33. The third kappa shape index (κ3) is 3.37. The molecular formula is C11H13N3O3. The van der Waals surface area contributed by atoms with Crippen molar-refractivity contribution in [1.29, 1.82) is 0 Å². The van der Waals surface area contributed by atoms with Crippen molar-refractivity contribution in [3.8, 4) is 0 Å². The minimum absolute atomic E-state index is 0.00181. The van der Waals surface area contributed by atoms with E-state index in [9.17, 15) is 14.9 Å². The molecule has 0 saturated heterocycles. The number of nitro benzene ring substituents is 1. The van der Waals surface area contributed by atoms with Gasteiger partial charge in [0.1, 0.15) is 0 Å². The van der Waals surface area contributed by atoms with Gasteiger partial charge in [-0.25, -0.2) is 5.43 Å². The van der Waals surface area contributed by atoms with Crippen LogP contribution in [0.2, 0.25) is 0 Å². The molecular weight excluding hydrogens is 222 g/mol. The van der Waals surface area contributed by atoms with Crippen LogP contribution in [-0.4, -0.2) is 17.0 Å². The van der Waals surface area contributed by atoms with Crippen LogP contribution in [0, 0.1) is 16.0 Å². The van der Waals surface area contributed by atoms with Gasteiger partial charge >= 0.3 is 0 Å². The summed E-state index contributed by atoms with van der Waals surface area (Å²) in [5, 5.41) is 14.5. The fourth-order valence-electron chi connectivity index (χ4n) is 1.40. The Morgan fingerprint density at radius 3 is 2.76 bits per heavy atom. The summed E-state index contributed by atoms with van der Waals surface area (Å²) in [5.74, 6) is 0.0458. The van der Waals surface area contributed by atoms with E-state index in [4.69, 9.17) is 0 Å². The SMILES string of the molecule is CC(C)/C(=N\NC=O)c1cccc([N+](=O)[O-])c1. The van der Waals surface area contributed by atoms with Crippen LogP contribution in [0.25, 0.3) is 0 Å². The third-order valence-corrected chi connectivity index (χ3v) is 2.14. The Bertz CT molecular complexity index is 455. The first-order valence-electron chi connectivity index (χ1n) is 5.08. The van der Waals surface area contributed by atoms with Crippen LogP contribution < -0.4 is 5.43 Å². The zero-order chi connectivity index (χ0) is 12.8. The molecule has 0 saturated carbocycles. The molecule has 0 unspecified atom stereocenters. The average molecular weight is 235 g/mol. The summed E-state index contributed by atoms with van der Waals surface area (Å²) in [6, 6.07) is 6.16. The maximum absolute atomic E-state index is 10.7. The molecule has 0 fully saturated rings. The molecule has 6 nitrogen and oxygen atoms in total. The molecule has 1 N–H and O–H groups in total. The van der Waals surface area contributed by atoms with Crippen molar-refractivity contribution in [2.75, 3.05) is 0 Å². The second-order valence-corrected chi connectivity index (χ2v) is 3.71. The molecule has 0 aromatic heterocycles. The molecule has 17 heavy (non-hydrogen) atoms. The number of nitrogens with one attached hydrogen (secondary N) is 1. The molecule has 0 heterocycles. The van der Waals surface area contributed by atoms with Crippen molar-refractivity contribution in [3.63, 3.8) is 0 Å². The molecule has 0 aliphatic rings. The third-order valence-electron chi connectivity index (χ3n) is 2.14. The number of carbonyl (C=O) groups is 1. The van der Waals surface area contributed by atoms with Gasteiger partial charge in [0.2, 0.25) is 6.41 Å². The molecule has 0 bridgehead atoms. The second kappa shape index (κ2) is 5.74. The lowest BCUT2D eigenvalue weighted by Gasteiger charge is -2.09. The van der Waals surface area contributed by atoms with E-state index in [-0.39, 0.29) is 11.6 Å². The number of non-ortho nitro benzene ring substituents is 1. The summed E-state index contributed by atoms with van der Waals surface area (Å²) in [5.41, 5.74) is 3.44. The van der Waals surface area contributed by atoms with E-state index in [1.165, 1.54) is 12.1 Å². The summed E-state index contributed by atoms with van der Waals surface area (Å²) < 4.78 is 0. The van der Waals surface area contributed by atoms with E-state index < -0.39 is 4.92 Å². The fourth-order valence-corrected chi connectivity index (χ4v) is 1.40. The van der Waals surface area contributed by atoms with Gasteiger partial charge in [-0.1, -0.05) is 26.0 Å². The molecule has 0 atom stereocenters. The predicted octanol–water partition coefficient (Wildman–Crippen LogP) is 1.70. The minimum Gasteiger partial charge on any atom is -0.277 e. The Labute approximate surface area is 98.5 Å². The lowest BCUT2D eigenvalue weighted by molar-refractivity contribution is -0.384. The van der Waals surface area contributed by atoms with Crippen molar-refractivity contribution in [2.24, 2.45) is 11.0 Å². The fraction of sp³-hybridized carbons (Fsp3) is 0.273. The van der Waals surface area contributed by atoms with Gasteiger partial charge in [-0.3, -0.25) is 14.9 Å². The van der Waals surface area contributed by atoms with Crippen LogP contribution in [0.15, 0.2) is 29.4 Å². The largest absolute Gasteiger partial charge is 0.277 e. The van der Waals surface area contributed by atoms with E-state index in [1.54, 1.807) is 12.1 Å². The number of hydrazone groups is 1. The van der Waals surface area contributed by atoms with Gasteiger partial charge in [0.05, 0.1) is 10.6 Å². The van der Waals surface area contributed by atoms with Crippen molar-refractivity contribution in [3.05, 3.63) is 39.9 Å². The van der Waals surface area contributed by atoms with Crippen molar-refractivity contribution >= 4 is 17.8 Å². The number of hydrogen-bond donors (Lipinski definition) is 1. The highest BCUT2D eigenvalue weighted by Gasteiger charge is 2.12. The number of amides is 1. The first-order valence-corrected chi connectivity index (χ1v) is 5.08. The number of rotatable bonds is 5. The average Bonchev–Trinajstić information content (AvgIpc) is 2.29. The summed E-state index contributed by atoms with van der Waals surface area (Å²) in [4.78, 5) is 20.4. The van der Waals surface area contributed by atoms with Gasteiger partial charge < -0.3 is 0 Å². The molecule has 1 amide bonds. The minimum atomic E-state index is -0.464. The van der Waals surface area contributed by atoms with Crippen LogP contribution in [0.4, 0.5) is 5.69 Å². The second-order valence-electron chi connectivity index (χ2n) is 3.71. The zero-order valence-electron chi connectivity index (χ0n) is 9.58. The number of hydrogen-bond acceptors (Lipinski definition) is 4.